The van der Waals surface area contributed by atoms with E-state index in [1.807, 2.05) is 30.0 Å². The number of anilines is 1. The minimum absolute atomic E-state index is 0.0956. The Balaban J connectivity index is 2.30. The van der Waals surface area contributed by atoms with Gasteiger partial charge in [0.05, 0.1) is 5.25 Å². The van der Waals surface area contributed by atoms with Crippen LogP contribution in [0.25, 0.3) is 0 Å². The Bertz CT molecular complexity index is 362. The van der Waals surface area contributed by atoms with Crippen LogP contribution in [-0.4, -0.2) is 17.7 Å². The maximum atomic E-state index is 11.8. The zero-order valence-electron chi connectivity index (χ0n) is 8.10. The fourth-order valence-electron chi connectivity index (χ4n) is 1.79. The lowest BCUT2D eigenvalue weighted by atomic mass is 10.2. The van der Waals surface area contributed by atoms with Crippen LogP contribution in [0, 0.1) is 0 Å². The molecule has 0 saturated carbocycles. The van der Waals surface area contributed by atoms with E-state index in [0.29, 0.717) is 0 Å². The number of thiol groups is 1. The third-order valence-electron chi connectivity index (χ3n) is 2.51. The molecule has 1 aliphatic rings. The second-order valence-corrected chi connectivity index (χ2v) is 4.32. The molecule has 74 valence electrons. The summed E-state index contributed by atoms with van der Waals surface area (Å²) in [5, 5.41) is -0.221. The van der Waals surface area contributed by atoms with E-state index in [2.05, 4.69) is 18.7 Å². The van der Waals surface area contributed by atoms with Crippen molar-refractivity contribution >= 4 is 24.2 Å². The average molecular weight is 207 g/mol. The van der Waals surface area contributed by atoms with Gasteiger partial charge >= 0.3 is 0 Å². The highest BCUT2D eigenvalue weighted by atomic mass is 32.1. The monoisotopic (exact) mass is 207 g/mol. The molecule has 0 fully saturated rings. The SMILES string of the molecule is CC(S)C(=O)N1CCc2ccccc21. The van der Waals surface area contributed by atoms with E-state index in [0.717, 1.165) is 18.7 Å². The average Bonchev–Trinajstić information content (AvgIpc) is 2.60. The summed E-state index contributed by atoms with van der Waals surface area (Å²) in [4.78, 5) is 13.6. The lowest BCUT2D eigenvalue weighted by Gasteiger charge is -2.18. The van der Waals surface area contributed by atoms with Crippen LogP contribution in [0.1, 0.15) is 12.5 Å². The van der Waals surface area contributed by atoms with Gasteiger partial charge in [-0.2, -0.15) is 12.6 Å². The second kappa shape index (κ2) is 3.65. The van der Waals surface area contributed by atoms with Crippen LogP contribution in [0.2, 0.25) is 0 Å². The van der Waals surface area contributed by atoms with E-state index in [1.54, 1.807) is 0 Å². The Morgan fingerprint density at radius 2 is 2.21 bits per heavy atom. The number of carbonyl (C=O) groups is 1. The smallest absolute Gasteiger partial charge is 0.239 e. The predicted molar refractivity (Wildman–Crippen MR) is 60.9 cm³/mol. The number of rotatable bonds is 1. The Kier molecular flexibility index (Phi) is 2.50. The molecular formula is C11H13NOS. The first-order valence-electron chi connectivity index (χ1n) is 4.77. The van der Waals surface area contributed by atoms with Gasteiger partial charge in [-0.3, -0.25) is 4.79 Å². The summed E-state index contributed by atoms with van der Waals surface area (Å²) in [6.45, 7) is 2.61. The second-order valence-electron chi connectivity index (χ2n) is 3.54. The molecule has 0 radical (unpaired) electrons. The van der Waals surface area contributed by atoms with E-state index in [1.165, 1.54) is 5.56 Å². The number of nitrogens with zero attached hydrogens (tertiary/aromatic N) is 1. The highest BCUT2D eigenvalue weighted by molar-refractivity contribution is 7.81. The van der Waals surface area contributed by atoms with Gasteiger partial charge in [0.15, 0.2) is 0 Å². The van der Waals surface area contributed by atoms with Gasteiger partial charge in [0.25, 0.3) is 0 Å². The summed E-state index contributed by atoms with van der Waals surface area (Å²) in [7, 11) is 0. The van der Waals surface area contributed by atoms with Crippen LogP contribution < -0.4 is 4.90 Å². The zero-order valence-corrected chi connectivity index (χ0v) is 9.00. The number of amides is 1. The van der Waals surface area contributed by atoms with Crippen molar-refractivity contribution in [3.8, 4) is 0 Å². The van der Waals surface area contributed by atoms with Gasteiger partial charge in [0.1, 0.15) is 0 Å². The van der Waals surface area contributed by atoms with E-state index in [4.69, 9.17) is 0 Å². The molecule has 0 bridgehead atoms. The van der Waals surface area contributed by atoms with Crippen LogP contribution in [0.4, 0.5) is 5.69 Å². The lowest BCUT2D eigenvalue weighted by Crippen LogP contribution is -2.34. The minimum atomic E-state index is -0.221. The molecule has 1 aromatic carbocycles. The fourth-order valence-corrected chi connectivity index (χ4v) is 1.93. The molecular weight excluding hydrogens is 194 g/mol. The molecule has 0 spiro atoms. The van der Waals surface area contributed by atoms with Gasteiger partial charge in [-0.1, -0.05) is 18.2 Å². The molecule has 1 aromatic rings. The summed E-state index contributed by atoms with van der Waals surface area (Å²) in [5.74, 6) is 0.0956. The third kappa shape index (κ3) is 1.52. The van der Waals surface area contributed by atoms with Gasteiger partial charge in [-0.15, -0.1) is 0 Å². The summed E-state index contributed by atoms with van der Waals surface area (Å²) >= 11 is 4.17. The molecule has 1 aliphatic heterocycles. The maximum absolute atomic E-state index is 11.8. The number of para-hydroxylation sites is 1. The quantitative estimate of drug-likeness (QED) is 0.697. The Morgan fingerprint density at radius 3 is 2.93 bits per heavy atom. The topological polar surface area (TPSA) is 20.3 Å². The summed E-state index contributed by atoms with van der Waals surface area (Å²) in [6.07, 6.45) is 0.961. The molecule has 0 aliphatic carbocycles. The fraction of sp³-hybridized carbons (Fsp3) is 0.364. The summed E-state index contributed by atoms with van der Waals surface area (Å²) in [6, 6.07) is 8.05. The first-order valence-corrected chi connectivity index (χ1v) is 5.29. The molecule has 14 heavy (non-hydrogen) atoms. The first kappa shape index (κ1) is 9.59. The normalized spacial score (nSPS) is 16.6. The molecule has 3 heteroatoms. The van der Waals surface area contributed by atoms with Crippen LogP contribution >= 0.6 is 12.6 Å². The Labute approximate surface area is 89.3 Å². The van der Waals surface area contributed by atoms with Gasteiger partial charge in [-0.05, 0) is 25.0 Å². The van der Waals surface area contributed by atoms with Crippen molar-refractivity contribution in [2.45, 2.75) is 18.6 Å². The Morgan fingerprint density at radius 1 is 1.50 bits per heavy atom. The van der Waals surface area contributed by atoms with E-state index in [9.17, 15) is 4.79 Å². The summed E-state index contributed by atoms with van der Waals surface area (Å²) in [5.41, 5.74) is 2.31. The highest BCUT2D eigenvalue weighted by Gasteiger charge is 2.25. The van der Waals surface area contributed by atoms with Gasteiger partial charge in [0, 0.05) is 12.2 Å². The van der Waals surface area contributed by atoms with Crippen LogP contribution in [0.5, 0.6) is 0 Å². The number of carbonyl (C=O) groups excluding carboxylic acids is 1. The van der Waals surface area contributed by atoms with Gasteiger partial charge in [-0.25, -0.2) is 0 Å². The molecule has 1 amide bonds. The Hall–Kier alpha value is -0.960. The van der Waals surface area contributed by atoms with Crippen molar-refractivity contribution in [2.24, 2.45) is 0 Å². The molecule has 1 unspecified atom stereocenters. The molecule has 0 N–H and O–H groups in total. The first-order chi connectivity index (χ1) is 6.70. The van der Waals surface area contributed by atoms with Crippen LogP contribution in [-0.2, 0) is 11.2 Å². The van der Waals surface area contributed by atoms with E-state index < -0.39 is 0 Å². The number of fused-ring (bicyclic) bond motifs is 1. The van der Waals surface area contributed by atoms with Crippen molar-refractivity contribution in [2.75, 3.05) is 11.4 Å². The van der Waals surface area contributed by atoms with Crippen LogP contribution in [0.15, 0.2) is 24.3 Å². The standard InChI is InChI=1S/C11H13NOS/c1-8(14)11(13)12-7-6-9-4-2-3-5-10(9)12/h2-5,8,14H,6-7H2,1H3. The van der Waals surface area contributed by atoms with E-state index >= 15 is 0 Å². The van der Waals surface area contributed by atoms with Crippen molar-refractivity contribution in [1.82, 2.24) is 0 Å². The largest absolute Gasteiger partial charge is 0.311 e. The molecule has 1 heterocycles. The maximum Gasteiger partial charge on any atom is 0.239 e. The molecule has 0 aromatic heterocycles. The van der Waals surface area contributed by atoms with E-state index in [-0.39, 0.29) is 11.2 Å². The lowest BCUT2D eigenvalue weighted by molar-refractivity contribution is -0.117. The number of hydrogen-bond donors (Lipinski definition) is 1. The molecule has 0 saturated heterocycles. The van der Waals surface area contributed by atoms with Crippen LogP contribution in [0.3, 0.4) is 0 Å². The van der Waals surface area contributed by atoms with Crippen molar-refractivity contribution in [3.63, 3.8) is 0 Å². The summed E-state index contributed by atoms with van der Waals surface area (Å²) < 4.78 is 0. The number of hydrogen-bond acceptors (Lipinski definition) is 2. The van der Waals surface area contributed by atoms with Crippen molar-refractivity contribution < 1.29 is 4.79 Å². The van der Waals surface area contributed by atoms with Crippen molar-refractivity contribution in [1.29, 1.82) is 0 Å². The van der Waals surface area contributed by atoms with Gasteiger partial charge < -0.3 is 4.90 Å². The van der Waals surface area contributed by atoms with Gasteiger partial charge in [0.2, 0.25) is 5.91 Å². The predicted octanol–water partition coefficient (Wildman–Crippen LogP) is 1.89. The number of benzene rings is 1. The molecule has 2 nitrogen and oxygen atoms in total. The highest BCUT2D eigenvalue weighted by Crippen LogP contribution is 2.28. The minimum Gasteiger partial charge on any atom is -0.311 e. The third-order valence-corrected chi connectivity index (χ3v) is 2.73. The molecule has 1 atom stereocenters. The zero-order chi connectivity index (χ0) is 10.1. The molecule has 2 rings (SSSR count). The van der Waals surface area contributed by atoms with Crippen molar-refractivity contribution in [3.05, 3.63) is 29.8 Å².